The van der Waals surface area contributed by atoms with Crippen molar-refractivity contribution in [1.29, 1.82) is 0 Å². The van der Waals surface area contributed by atoms with Crippen molar-refractivity contribution in [1.82, 2.24) is 0 Å². The molecule has 0 aromatic heterocycles. The van der Waals surface area contributed by atoms with Crippen molar-refractivity contribution in [3.8, 4) is 28.4 Å². The first-order valence-corrected chi connectivity index (χ1v) is 10.2. The van der Waals surface area contributed by atoms with E-state index in [1.165, 1.54) is 48.5 Å². The zero-order valence-electron chi connectivity index (χ0n) is 17.7. The summed E-state index contributed by atoms with van der Waals surface area (Å²) in [7, 11) is 0. The van der Waals surface area contributed by atoms with Crippen LogP contribution in [0.25, 0.3) is 11.1 Å². The third-order valence-corrected chi connectivity index (χ3v) is 4.93. The zero-order valence-corrected chi connectivity index (χ0v) is 17.7. The number of aromatic carboxylic acids is 1. The average Bonchev–Trinajstić information content (AvgIpc) is 2.85. The Morgan fingerprint density at radius 1 is 0.500 bits per heavy atom. The van der Waals surface area contributed by atoms with Crippen molar-refractivity contribution in [3.05, 3.63) is 114 Å². The molecule has 7 heteroatoms. The quantitative estimate of drug-likeness (QED) is 0.304. The fraction of sp³-hybridized carbons (Fsp3) is 0. The van der Waals surface area contributed by atoms with Gasteiger partial charge in [-0.25, -0.2) is 14.4 Å². The Kier molecular flexibility index (Phi) is 6.36. The van der Waals surface area contributed by atoms with Crippen LogP contribution in [-0.2, 0) is 0 Å². The summed E-state index contributed by atoms with van der Waals surface area (Å²) in [6.45, 7) is 0. The molecule has 34 heavy (non-hydrogen) atoms. The van der Waals surface area contributed by atoms with Gasteiger partial charge in [0, 0.05) is 0 Å². The normalized spacial score (nSPS) is 10.4. The van der Waals surface area contributed by atoms with Crippen LogP contribution in [0.5, 0.6) is 17.2 Å². The highest BCUT2D eigenvalue weighted by molar-refractivity contribution is 5.94. The van der Waals surface area contributed by atoms with Gasteiger partial charge in [-0.2, -0.15) is 0 Å². The Bertz CT molecular complexity index is 1320. The first-order valence-electron chi connectivity index (χ1n) is 10.2. The third kappa shape index (κ3) is 5.28. The van der Waals surface area contributed by atoms with Crippen LogP contribution in [0.15, 0.2) is 97.1 Å². The summed E-state index contributed by atoms with van der Waals surface area (Å²) in [6.07, 6.45) is 0. The molecule has 168 valence electrons. The molecule has 0 spiro atoms. The van der Waals surface area contributed by atoms with Crippen LogP contribution in [0.1, 0.15) is 31.1 Å². The number of hydrogen-bond acceptors (Lipinski definition) is 6. The number of esters is 2. The molecule has 0 saturated heterocycles. The molecule has 0 fully saturated rings. The number of carbonyl (C=O) groups is 3. The van der Waals surface area contributed by atoms with Crippen LogP contribution in [0.4, 0.5) is 0 Å². The fourth-order valence-corrected chi connectivity index (χ4v) is 3.11. The van der Waals surface area contributed by atoms with Crippen LogP contribution in [-0.4, -0.2) is 28.1 Å². The summed E-state index contributed by atoms with van der Waals surface area (Å²) < 4.78 is 10.7. The molecule has 0 amide bonds. The Balaban J connectivity index is 1.36. The summed E-state index contributed by atoms with van der Waals surface area (Å²) in [6, 6.07) is 25.0. The summed E-state index contributed by atoms with van der Waals surface area (Å²) in [5.74, 6) is -1.53. The Labute approximate surface area is 194 Å². The molecule has 0 aliphatic heterocycles. The van der Waals surface area contributed by atoms with E-state index in [1.54, 1.807) is 48.5 Å². The molecule has 0 unspecified atom stereocenters. The lowest BCUT2D eigenvalue weighted by Crippen LogP contribution is -2.10. The minimum atomic E-state index is -1.09. The second-order valence-electron chi connectivity index (χ2n) is 7.26. The molecule has 0 bridgehead atoms. The van der Waals surface area contributed by atoms with E-state index in [0.29, 0.717) is 5.75 Å². The van der Waals surface area contributed by atoms with Gasteiger partial charge in [0.2, 0.25) is 0 Å². The van der Waals surface area contributed by atoms with Crippen molar-refractivity contribution in [3.63, 3.8) is 0 Å². The number of carboxylic acids is 1. The lowest BCUT2D eigenvalue weighted by Gasteiger charge is -2.08. The average molecular weight is 454 g/mol. The Morgan fingerprint density at radius 3 is 1.29 bits per heavy atom. The van der Waals surface area contributed by atoms with Crippen molar-refractivity contribution >= 4 is 17.9 Å². The van der Waals surface area contributed by atoms with E-state index >= 15 is 0 Å². The number of hydrogen-bond donors (Lipinski definition) is 2. The number of carboxylic acid groups (broad SMARTS) is 1. The number of carbonyl (C=O) groups excluding carboxylic acids is 2. The van der Waals surface area contributed by atoms with Crippen LogP contribution < -0.4 is 9.47 Å². The summed E-state index contributed by atoms with van der Waals surface area (Å²) in [5, 5.41) is 18.3. The van der Waals surface area contributed by atoms with E-state index in [4.69, 9.17) is 14.6 Å². The van der Waals surface area contributed by atoms with Gasteiger partial charge in [0.1, 0.15) is 17.2 Å². The number of rotatable bonds is 6. The van der Waals surface area contributed by atoms with Gasteiger partial charge in [-0.05, 0) is 83.9 Å². The zero-order chi connectivity index (χ0) is 24.1. The molecule has 0 heterocycles. The maximum atomic E-state index is 12.4. The smallest absolute Gasteiger partial charge is 0.343 e. The molecule has 0 atom stereocenters. The van der Waals surface area contributed by atoms with Crippen molar-refractivity contribution in [2.24, 2.45) is 0 Å². The molecular weight excluding hydrogens is 436 g/mol. The third-order valence-electron chi connectivity index (χ3n) is 4.93. The molecule has 0 aliphatic carbocycles. The molecule has 4 aromatic carbocycles. The maximum absolute atomic E-state index is 12.4. The van der Waals surface area contributed by atoms with Gasteiger partial charge in [-0.1, -0.05) is 24.3 Å². The minimum Gasteiger partial charge on any atom is -0.508 e. The highest BCUT2D eigenvalue weighted by Crippen LogP contribution is 2.25. The molecule has 0 aliphatic rings. The summed E-state index contributed by atoms with van der Waals surface area (Å²) >= 11 is 0. The van der Waals surface area contributed by atoms with Crippen LogP contribution in [0, 0.1) is 0 Å². The molecular formula is C27H18O7. The SMILES string of the molecule is O=C(O)c1ccc(C(=O)Oc2ccc(C(=O)Oc3ccc(-c4ccc(O)cc4)cc3)cc2)cc1. The highest BCUT2D eigenvalue weighted by atomic mass is 16.5. The van der Waals surface area contributed by atoms with E-state index in [-0.39, 0.29) is 28.2 Å². The molecule has 2 N–H and O–H groups in total. The van der Waals surface area contributed by atoms with Gasteiger partial charge in [-0.3, -0.25) is 0 Å². The second kappa shape index (κ2) is 9.70. The molecule has 0 saturated carbocycles. The number of benzene rings is 4. The van der Waals surface area contributed by atoms with Gasteiger partial charge in [0.15, 0.2) is 0 Å². The first-order chi connectivity index (χ1) is 16.4. The van der Waals surface area contributed by atoms with Crippen LogP contribution in [0.2, 0.25) is 0 Å². The van der Waals surface area contributed by atoms with Crippen molar-refractivity contribution < 1.29 is 34.1 Å². The molecule has 4 rings (SSSR count). The van der Waals surface area contributed by atoms with Gasteiger partial charge < -0.3 is 19.7 Å². The van der Waals surface area contributed by atoms with Gasteiger partial charge in [-0.15, -0.1) is 0 Å². The fourth-order valence-electron chi connectivity index (χ4n) is 3.11. The second-order valence-corrected chi connectivity index (χ2v) is 7.26. The summed E-state index contributed by atoms with van der Waals surface area (Å²) in [4.78, 5) is 35.6. The maximum Gasteiger partial charge on any atom is 0.343 e. The van der Waals surface area contributed by atoms with Crippen LogP contribution in [0.3, 0.4) is 0 Å². The van der Waals surface area contributed by atoms with E-state index in [0.717, 1.165) is 11.1 Å². The lowest BCUT2D eigenvalue weighted by atomic mass is 10.1. The van der Waals surface area contributed by atoms with Crippen LogP contribution >= 0.6 is 0 Å². The lowest BCUT2D eigenvalue weighted by molar-refractivity contribution is 0.0690. The number of phenols is 1. The Morgan fingerprint density at radius 2 is 0.853 bits per heavy atom. The number of aromatic hydroxyl groups is 1. The molecule has 7 nitrogen and oxygen atoms in total. The van der Waals surface area contributed by atoms with Gasteiger partial charge >= 0.3 is 17.9 Å². The largest absolute Gasteiger partial charge is 0.508 e. The first kappa shape index (κ1) is 22.3. The predicted octanol–water partition coefficient (Wildman–Crippen LogP) is 5.20. The van der Waals surface area contributed by atoms with Crippen molar-refractivity contribution in [2.45, 2.75) is 0 Å². The predicted molar refractivity (Wildman–Crippen MR) is 123 cm³/mol. The highest BCUT2D eigenvalue weighted by Gasteiger charge is 2.13. The van der Waals surface area contributed by atoms with Gasteiger partial charge in [0.05, 0.1) is 16.7 Å². The van der Waals surface area contributed by atoms with E-state index in [9.17, 15) is 19.5 Å². The Hall–Kier alpha value is -4.91. The number of phenolic OH excluding ortho intramolecular Hbond substituents is 1. The standard InChI is InChI=1S/C27H18O7/c28-22-11-5-17(6-12-22)18-7-13-23(14-8-18)33-27(32)21-9-15-24(16-10-21)34-26(31)20-3-1-19(2-4-20)25(29)30/h1-16,28H,(H,29,30). The summed E-state index contributed by atoms with van der Waals surface area (Å²) in [5.41, 5.74) is 2.36. The monoisotopic (exact) mass is 454 g/mol. The van der Waals surface area contributed by atoms with Gasteiger partial charge in [0.25, 0.3) is 0 Å². The van der Waals surface area contributed by atoms with Crippen molar-refractivity contribution in [2.75, 3.05) is 0 Å². The molecule has 0 radical (unpaired) electrons. The topological polar surface area (TPSA) is 110 Å². The molecule has 4 aromatic rings. The van der Waals surface area contributed by atoms with E-state index in [2.05, 4.69) is 0 Å². The number of ether oxygens (including phenoxy) is 2. The van der Waals surface area contributed by atoms with E-state index in [1.807, 2.05) is 0 Å². The minimum absolute atomic E-state index is 0.0643. The van der Waals surface area contributed by atoms with E-state index < -0.39 is 17.9 Å².